The first-order chi connectivity index (χ1) is 13.9. The molecule has 1 fully saturated rings. The van der Waals surface area contributed by atoms with Crippen molar-refractivity contribution in [1.82, 2.24) is 14.8 Å². The van der Waals surface area contributed by atoms with Crippen LogP contribution in [0.25, 0.3) is 0 Å². The molecule has 0 spiro atoms. The lowest BCUT2D eigenvalue weighted by atomic mass is 10.1. The molecule has 0 bridgehead atoms. The van der Waals surface area contributed by atoms with Gasteiger partial charge in [0, 0.05) is 25.2 Å². The minimum atomic E-state index is -2.89. The second-order valence-electron chi connectivity index (χ2n) is 7.00. The number of carbonyl (C=O) groups is 1. The van der Waals surface area contributed by atoms with Crippen LogP contribution in [0.5, 0.6) is 5.75 Å². The van der Waals surface area contributed by atoms with Crippen molar-refractivity contribution in [3.05, 3.63) is 29.8 Å². The number of anilines is 1. The second kappa shape index (κ2) is 10.0. The Morgan fingerprint density at radius 1 is 1.21 bits per heavy atom. The fraction of sp³-hybridized carbons (Fsp3) is 0.526. The first-order valence-corrected chi connectivity index (χ1v) is 10.4. The van der Waals surface area contributed by atoms with Gasteiger partial charge in [-0.3, -0.25) is 9.36 Å². The lowest BCUT2D eigenvalue weighted by molar-refractivity contribution is -0.0498. The number of aromatic nitrogens is 3. The van der Waals surface area contributed by atoms with E-state index < -0.39 is 6.61 Å². The molecule has 7 nitrogen and oxygen atoms in total. The molecule has 0 saturated carbocycles. The van der Waals surface area contributed by atoms with E-state index in [0.717, 1.165) is 25.6 Å². The standard InChI is InChI=1S/C19H24F2N4O3S/c1-13(2)11-25-18(24-7-9-27-10-8-24)22-23-19(25)29-12-16(26)14-3-5-15(6-4-14)28-17(20)21/h3-6,13,17H,7-12H2,1-2H3. The molecule has 0 radical (unpaired) electrons. The van der Waals surface area contributed by atoms with Crippen LogP contribution in [0.4, 0.5) is 14.7 Å². The number of Topliss-reactive ketones (excluding diaryl/α,β-unsaturated/α-hetero) is 1. The Kier molecular flexibility index (Phi) is 7.43. The molecule has 0 atom stereocenters. The highest BCUT2D eigenvalue weighted by molar-refractivity contribution is 7.99. The summed E-state index contributed by atoms with van der Waals surface area (Å²) in [6.45, 7) is 4.91. The summed E-state index contributed by atoms with van der Waals surface area (Å²) in [6.07, 6.45) is 0. The van der Waals surface area contributed by atoms with Gasteiger partial charge in [0.15, 0.2) is 10.9 Å². The number of alkyl halides is 2. The molecule has 1 aromatic heterocycles. The first kappa shape index (κ1) is 21.5. The van der Waals surface area contributed by atoms with E-state index in [2.05, 4.69) is 33.7 Å². The summed E-state index contributed by atoms with van der Waals surface area (Å²) >= 11 is 1.32. The molecular weight excluding hydrogens is 402 g/mol. The highest BCUT2D eigenvalue weighted by Crippen LogP contribution is 2.25. The fourth-order valence-corrected chi connectivity index (χ4v) is 3.78. The van der Waals surface area contributed by atoms with E-state index in [1.807, 2.05) is 4.57 Å². The Morgan fingerprint density at radius 2 is 1.90 bits per heavy atom. The molecule has 158 valence electrons. The number of halogens is 2. The number of carbonyl (C=O) groups excluding carboxylic acids is 1. The molecule has 1 saturated heterocycles. The molecule has 2 heterocycles. The third-order valence-corrected chi connectivity index (χ3v) is 5.24. The van der Waals surface area contributed by atoms with Crippen molar-refractivity contribution in [2.45, 2.75) is 32.2 Å². The molecular formula is C19H24F2N4O3S. The fourth-order valence-electron chi connectivity index (χ4n) is 2.95. The Hall–Kier alpha value is -2.20. The molecule has 3 rings (SSSR count). The number of thioether (sulfide) groups is 1. The molecule has 10 heteroatoms. The Balaban J connectivity index is 1.67. The number of rotatable bonds is 9. The van der Waals surface area contributed by atoms with Crippen molar-refractivity contribution < 1.29 is 23.0 Å². The van der Waals surface area contributed by atoms with Gasteiger partial charge in [-0.1, -0.05) is 25.6 Å². The lowest BCUT2D eigenvalue weighted by Gasteiger charge is -2.28. The molecule has 1 aliphatic rings. The molecule has 0 amide bonds. The van der Waals surface area contributed by atoms with Crippen molar-refractivity contribution in [3.8, 4) is 5.75 Å². The highest BCUT2D eigenvalue weighted by Gasteiger charge is 2.22. The van der Waals surface area contributed by atoms with Crippen LogP contribution in [0.2, 0.25) is 0 Å². The molecule has 0 unspecified atom stereocenters. The number of nitrogens with zero attached hydrogens (tertiary/aromatic N) is 4. The SMILES string of the molecule is CC(C)Cn1c(SCC(=O)c2ccc(OC(F)F)cc2)nnc1N1CCOCC1. The number of hydrogen-bond donors (Lipinski definition) is 0. The summed E-state index contributed by atoms with van der Waals surface area (Å²) in [5, 5.41) is 9.33. The highest BCUT2D eigenvalue weighted by atomic mass is 32.2. The quantitative estimate of drug-likeness (QED) is 0.450. The maximum atomic E-state index is 12.5. The van der Waals surface area contributed by atoms with Gasteiger partial charge in [0.05, 0.1) is 19.0 Å². The van der Waals surface area contributed by atoms with Gasteiger partial charge in [-0.15, -0.1) is 10.2 Å². The van der Waals surface area contributed by atoms with Crippen LogP contribution >= 0.6 is 11.8 Å². The van der Waals surface area contributed by atoms with E-state index >= 15 is 0 Å². The molecule has 0 N–H and O–H groups in total. The molecule has 1 aliphatic heterocycles. The zero-order valence-corrected chi connectivity index (χ0v) is 17.2. The number of ketones is 1. The smallest absolute Gasteiger partial charge is 0.387 e. The van der Waals surface area contributed by atoms with Crippen LogP contribution in [0.3, 0.4) is 0 Å². The molecule has 29 heavy (non-hydrogen) atoms. The van der Waals surface area contributed by atoms with Gasteiger partial charge in [-0.05, 0) is 30.2 Å². The van der Waals surface area contributed by atoms with Crippen LogP contribution in [-0.4, -0.2) is 59.2 Å². The minimum Gasteiger partial charge on any atom is -0.435 e. The van der Waals surface area contributed by atoms with Gasteiger partial charge >= 0.3 is 6.61 Å². The Bertz CT molecular complexity index is 808. The van der Waals surface area contributed by atoms with Crippen molar-refractivity contribution in [2.24, 2.45) is 5.92 Å². The third kappa shape index (κ3) is 5.89. The van der Waals surface area contributed by atoms with Gasteiger partial charge in [0.1, 0.15) is 5.75 Å². The number of morpholine rings is 1. The van der Waals surface area contributed by atoms with Crippen LogP contribution in [0.1, 0.15) is 24.2 Å². The number of benzene rings is 1. The van der Waals surface area contributed by atoms with Crippen LogP contribution < -0.4 is 9.64 Å². The van der Waals surface area contributed by atoms with E-state index in [4.69, 9.17) is 4.74 Å². The van der Waals surface area contributed by atoms with Gasteiger partial charge in [0.2, 0.25) is 5.95 Å². The van der Waals surface area contributed by atoms with Crippen molar-refractivity contribution in [2.75, 3.05) is 37.0 Å². The maximum Gasteiger partial charge on any atom is 0.387 e. The molecule has 2 aromatic rings. The van der Waals surface area contributed by atoms with E-state index in [-0.39, 0.29) is 17.3 Å². The zero-order chi connectivity index (χ0) is 20.8. The predicted molar refractivity (Wildman–Crippen MR) is 106 cm³/mol. The van der Waals surface area contributed by atoms with Gasteiger partial charge in [-0.25, -0.2) is 0 Å². The van der Waals surface area contributed by atoms with E-state index in [0.29, 0.717) is 29.9 Å². The average Bonchev–Trinajstić information content (AvgIpc) is 3.08. The van der Waals surface area contributed by atoms with E-state index in [1.165, 1.54) is 36.0 Å². The maximum absolute atomic E-state index is 12.5. The predicted octanol–water partition coefficient (Wildman–Crippen LogP) is 3.35. The topological polar surface area (TPSA) is 69.5 Å². The van der Waals surface area contributed by atoms with E-state index in [9.17, 15) is 13.6 Å². The minimum absolute atomic E-state index is 0.0241. The van der Waals surface area contributed by atoms with Gasteiger partial charge in [0.25, 0.3) is 0 Å². The van der Waals surface area contributed by atoms with E-state index in [1.54, 1.807) is 0 Å². The first-order valence-electron chi connectivity index (χ1n) is 9.41. The summed E-state index contributed by atoms with van der Waals surface area (Å²) in [6, 6.07) is 5.70. The van der Waals surface area contributed by atoms with Crippen LogP contribution in [0, 0.1) is 5.92 Å². The largest absolute Gasteiger partial charge is 0.435 e. The molecule has 1 aromatic carbocycles. The average molecular weight is 426 g/mol. The number of ether oxygens (including phenoxy) is 2. The van der Waals surface area contributed by atoms with Crippen LogP contribution in [0.15, 0.2) is 29.4 Å². The van der Waals surface area contributed by atoms with Gasteiger partial charge < -0.3 is 14.4 Å². The summed E-state index contributed by atoms with van der Waals surface area (Å²) in [4.78, 5) is 14.6. The normalized spacial score (nSPS) is 14.6. The monoisotopic (exact) mass is 426 g/mol. The Morgan fingerprint density at radius 3 is 2.52 bits per heavy atom. The van der Waals surface area contributed by atoms with Crippen molar-refractivity contribution in [3.63, 3.8) is 0 Å². The lowest BCUT2D eigenvalue weighted by Crippen LogP contribution is -2.38. The third-order valence-electron chi connectivity index (χ3n) is 4.27. The van der Waals surface area contributed by atoms with Gasteiger partial charge in [-0.2, -0.15) is 8.78 Å². The van der Waals surface area contributed by atoms with Crippen molar-refractivity contribution >= 4 is 23.5 Å². The molecule has 0 aliphatic carbocycles. The second-order valence-corrected chi connectivity index (χ2v) is 7.94. The van der Waals surface area contributed by atoms with Crippen molar-refractivity contribution in [1.29, 1.82) is 0 Å². The Labute approximate surface area is 172 Å². The van der Waals surface area contributed by atoms with Crippen LogP contribution in [-0.2, 0) is 11.3 Å². The number of hydrogen-bond acceptors (Lipinski definition) is 7. The zero-order valence-electron chi connectivity index (χ0n) is 16.4. The summed E-state index contributed by atoms with van der Waals surface area (Å²) < 4.78 is 36.2. The summed E-state index contributed by atoms with van der Waals surface area (Å²) in [5.74, 6) is 1.27. The summed E-state index contributed by atoms with van der Waals surface area (Å²) in [5.41, 5.74) is 0.433. The summed E-state index contributed by atoms with van der Waals surface area (Å²) in [7, 11) is 0.